The Morgan fingerprint density at radius 3 is 2.54 bits per heavy atom. The van der Waals surface area contributed by atoms with Gasteiger partial charge in [0.1, 0.15) is 0 Å². The van der Waals surface area contributed by atoms with Crippen molar-refractivity contribution in [3.8, 4) is 6.07 Å². The molecule has 24 heavy (non-hydrogen) atoms. The second-order valence-corrected chi connectivity index (χ2v) is 7.48. The van der Waals surface area contributed by atoms with Crippen molar-refractivity contribution >= 4 is 21.7 Å². The third-order valence-corrected chi connectivity index (χ3v) is 4.53. The highest BCUT2D eigenvalue weighted by Gasteiger charge is 2.23. The van der Waals surface area contributed by atoms with Crippen LogP contribution in [0, 0.1) is 18.3 Å². The van der Waals surface area contributed by atoms with E-state index in [1.54, 1.807) is 6.92 Å². The van der Waals surface area contributed by atoms with Crippen LogP contribution in [0.5, 0.6) is 0 Å². The first-order valence-electron chi connectivity index (χ1n) is 7.21. The van der Waals surface area contributed by atoms with E-state index in [2.05, 4.69) is 0 Å². The van der Waals surface area contributed by atoms with Gasteiger partial charge in [0.15, 0.2) is 15.9 Å². The van der Waals surface area contributed by atoms with Gasteiger partial charge >= 0.3 is 5.97 Å². The van der Waals surface area contributed by atoms with Crippen LogP contribution in [-0.2, 0) is 19.4 Å². The van der Waals surface area contributed by atoms with Gasteiger partial charge in [-0.3, -0.25) is 4.79 Å². The lowest BCUT2D eigenvalue weighted by Crippen LogP contribution is -2.38. The average molecular weight is 352 g/mol. The van der Waals surface area contributed by atoms with Crippen molar-refractivity contribution in [2.45, 2.75) is 31.3 Å². The molecule has 7 nitrogen and oxygen atoms in total. The van der Waals surface area contributed by atoms with E-state index < -0.39 is 27.8 Å². The lowest BCUT2D eigenvalue weighted by atomic mass is 10.1. The number of sulfone groups is 1. The largest absolute Gasteiger partial charge is 0.449 e. The van der Waals surface area contributed by atoms with Crippen molar-refractivity contribution in [3.63, 3.8) is 0 Å². The maximum absolute atomic E-state index is 12.3. The maximum Gasteiger partial charge on any atom is 0.339 e. The molecule has 0 aromatic heterocycles. The fourth-order valence-electron chi connectivity index (χ4n) is 1.96. The summed E-state index contributed by atoms with van der Waals surface area (Å²) in [7, 11) is -1.94. The Labute approximate surface area is 141 Å². The molecule has 0 fully saturated rings. The third kappa shape index (κ3) is 5.06. The molecular weight excluding hydrogens is 332 g/mol. The number of nitriles is 1. The summed E-state index contributed by atoms with van der Waals surface area (Å²) in [6, 6.07) is 6.09. The van der Waals surface area contributed by atoms with Crippen molar-refractivity contribution < 1.29 is 22.7 Å². The number of likely N-dealkylation sites (N-methyl/N-ethyl adjacent to an activating group) is 1. The molecule has 0 radical (unpaired) electrons. The molecule has 0 aliphatic heterocycles. The zero-order valence-corrected chi connectivity index (χ0v) is 14.9. The SMILES string of the molecule is Cc1ccc(S(C)(=O)=O)cc1C(=O)O[C@H](C)C(=O)N(C)CCC#N. The van der Waals surface area contributed by atoms with Crippen LogP contribution in [0.1, 0.15) is 29.3 Å². The molecule has 0 heterocycles. The Morgan fingerprint density at radius 1 is 1.38 bits per heavy atom. The van der Waals surface area contributed by atoms with Gasteiger partial charge in [0.05, 0.1) is 22.9 Å². The number of hydrogen-bond donors (Lipinski definition) is 0. The van der Waals surface area contributed by atoms with E-state index in [4.69, 9.17) is 10.00 Å². The van der Waals surface area contributed by atoms with Crippen LogP contribution in [0.3, 0.4) is 0 Å². The fourth-order valence-corrected chi connectivity index (χ4v) is 2.61. The summed E-state index contributed by atoms with van der Waals surface area (Å²) < 4.78 is 28.3. The molecule has 0 bridgehead atoms. The Balaban J connectivity index is 2.92. The van der Waals surface area contributed by atoms with Gasteiger partial charge < -0.3 is 9.64 Å². The quantitative estimate of drug-likeness (QED) is 0.715. The van der Waals surface area contributed by atoms with E-state index in [1.165, 1.54) is 37.1 Å². The zero-order valence-electron chi connectivity index (χ0n) is 14.1. The van der Waals surface area contributed by atoms with Crippen LogP contribution in [0.4, 0.5) is 0 Å². The van der Waals surface area contributed by atoms with Crippen molar-refractivity contribution in [3.05, 3.63) is 29.3 Å². The third-order valence-electron chi connectivity index (χ3n) is 3.42. The van der Waals surface area contributed by atoms with E-state index in [0.717, 1.165) is 6.26 Å². The lowest BCUT2D eigenvalue weighted by Gasteiger charge is -2.20. The molecule has 8 heteroatoms. The smallest absolute Gasteiger partial charge is 0.339 e. The van der Waals surface area contributed by atoms with Crippen LogP contribution in [0.15, 0.2) is 23.1 Å². The highest BCUT2D eigenvalue weighted by molar-refractivity contribution is 7.90. The average Bonchev–Trinajstić information content (AvgIpc) is 2.50. The zero-order chi connectivity index (χ0) is 18.5. The molecule has 0 N–H and O–H groups in total. The number of rotatable bonds is 6. The number of carbonyl (C=O) groups is 2. The van der Waals surface area contributed by atoms with Crippen molar-refractivity contribution in [1.29, 1.82) is 5.26 Å². The van der Waals surface area contributed by atoms with Gasteiger partial charge in [-0.1, -0.05) is 6.07 Å². The summed E-state index contributed by atoms with van der Waals surface area (Å²) in [6.45, 7) is 3.31. The molecular formula is C16H20N2O5S. The Hall–Kier alpha value is -2.40. The summed E-state index contributed by atoms with van der Waals surface area (Å²) in [5.41, 5.74) is 0.641. The first-order chi connectivity index (χ1) is 11.1. The summed E-state index contributed by atoms with van der Waals surface area (Å²) in [4.78, 5) is 25.6. The Kier molecular flexibility index (Phi) is 6.49. The molecule has 0 unspecified atom stereocenters. The van der Waals surface area contributed by atoms with E-state index in [0.29, 0.717) is 5.56 Å². The van der Waals surface area contributed by atoms with E-state index in [1.807, 2.05) is 6.07 Å². The number of hydrogen-bond acceptors (Lipinski definition) is 6. The molecule has 0 saturated heterocycles. The predicted octanol–water partition coefficient (Wildman–Crippen LogP) is 1.32. The van der Waals surface area contributed by atoms with Crippen LogP contribution in [-0.4, -0.2) is 51.1 Å². The van der Waals surface area contributed by atoms with Gasteiger partial charge in [0.2, 0.25) is 0 Å². The van der Waals surface area contributed by atoms with Crippen LogP contribution in [0.2, 0.25) is 0 Å². The van der Waals surface area contributed by atoms with E-state index in [9.17, 15) is 18.0 Å². The van der Waals surface area contributed by atoms with Crippen molar-refractivity contribution in [1.82, 2.24) is 4.90 Å². The van der Waals surface area contributed by atoms with E-state index in [-0.39, 0.29) is 23.4 Å². The lowest BCUT2D eigenvalue weighted by molar-refractivity contribution is -0.138. The molecule has 0 aliphatic rings. The van der Waals surface area contributed by atoms with Crippen molar-refractivity contribution in [2.24, 2.45) is 0 Å². The molecule has 0 aliphatic carbocycles. The monoisotopic (exact) mass is 352 g/mol. The predicted molar refractivity (Wildman–Crippen MR) is 87.0 cm³/mol. The van der Waals surface area contributed by atoms with Crippen LogP contribution in [0.25, 0.3) is 0 Å². The second kappa shape index (κ2) is 7.93. The summed E-state index contributed by atoms with van der Waals surface area (Å²) in [5, 5.41) is 8.53. The number of nitrogens with zero attached hydrogens (tertiary/aromatic N) is 2. The molecule has 1 aromatic carbocycles. The number of benzene rings is 1. The molecule has 1 rings (SSSR count). The number of amides is 1. The highest BCUT2D eigenvalue weighted by Crippen LogP contribution is 2.17. The summed E-state index contributed by atoms with van der Waals surface area (Å²) in [5.74, 6) is -1.21. The summed E-state index contributed by atoms with van der Waals surface area (Å²) >= 11 is 0. The van der Waals surface area contributed by atoms with Gasteiger partial charge in [-0.2, -0.15) is 5.26 Å². The van der Waals surface area contributed by atoms with E-state index >= 15 is 0 Å². The fraction of sp³-hybridized carbons (Fsp3) is 0.438. The molecule has 1 amide bonds. The number of carbonyl (C=O) groups excluding carboxylic acids is 2. The number of aryl methyl sites for hydroxylation is 1. The number of ether oxygens (including phenoxy) is 1. The molecule has 1 aromatic rings. The van der Waals surface area contributed by atoms with Crippen LogP contribution >= 0.6 is 0 Å². The van der Waals surface area contributed by atoms with Gasteiger partial charge in [-0.25, -0.2) is 13.2 Å². The van der Waals surface area contributed by atoms with Gasteiger partial charge in [-0.05, 0) is 31.5 Å². The van der Waals surface area contributed by atoms with Gasteiger partial charge in [-0.15, -0.1) is 0 Å². The van der Waals surface area contributed by atoms with Gasteiger partial charge in [0, 0.05) is 19.8 Å². The Bertz CT molecular complexity index is 780. The molecule has 130 valence electrons. The molecule has 0 spiro atoms. The summed E-state index contributed by atoms with van der Waals surface area (Å²) in [6.07, 6.45) is 0.184. The minimum Gasteiger partial charge on any atom is -0.449 e. The molecule has 1 atom stereocenters. The second-order valence-electron chi connectivity index (χ2n) is 5.46. The standard InChI is InChI=1S/C16H20N2O5S/c1-11-6-7-13(24(4,21)22)10-14(11)16(20)23-12(2)15(19)18(3)9-5-8-17/h6-7,10,12H,5,9H2,1-4H3/t12-/m1/s1. The van der Waals surface area contributed by atoms with Crippen LogP contribution < -0.4 is 0 Å². The topological polar surface area (TPSA) is 105 Å². The minimum absolute atomic E-state index is 0.00479. The first-order valence-corrected chi connectivity index (χ1v) is 9.10. The minimum atomic E-state index is -3.46. The Morgan fingerprint density at radius 2 is 2.00 bits per heavy atom. The normalized spacial score (nSPS) is 12.1. The first kappa shape index (κ1) is 19.6. The van der Waals surface area contributed by atoms with Gasteiger partial charge in [0.25, 0.3) is 5.91 Å². The maximum atomic E-state index is 12.3. The highest BCUT2D eigenvalue weighted by atomic mass is 32.2. The van der Waals surface area contributed by atoms with Crippen molar-refractivity contribution in [2.75, 3.05) is 19.8 Å². The molecule has 0 saturated carbocycles. The number of esters is 1.